The summed E-state index contributed by atoms with van der Waals surface area (Å²) < 4.78 is 6.83. The van der Waals surface area contributed by atoms with Gasteiger partial charge in [-0.05, 0) is 37.7 Å². The molecule has 1 heterocycles. The van der Waals surface area contributed by atoms with E-state index in [1.54, 1.807) is 13.2 Å². The molecule has 2 atom stereocenters. The number of anilines is 2. The van der Waals surface area contributed by atoms with Crippen LogP contribution in [-0.2, 0) is 17.9 Å². The van der Waals surface area contributed by atoms with Gasteiger partial charge in [-0.15, -0.1) is 0 Å². The zero-order valence-electron chi connectivity index (χ0n) is 21.0. The molecule has 0 bridgehead atoms. The number of nitrogens with zero attached hydrogens (tertiary/aromatic N) is 2. The molecule has 1 aromatic heterocycles. The summed E-state index contributed by atoms with van der Waals surface area (Å²) in [4.78, 5) is 43.3. The maximum absolute atomic E-state index is 14.0. The van der Waals surface area contributed by atoms with Crippen molar-refractivity contribution in [1.29, 1.82) is 0 Å². The van der Waals surface area contributed by atoms with Gasteiger partial charge < -0.3 is 10.5 Å². The van der Waals surface area contributed by atoms with Gasteiger partial charge in [0.1, 0.15) is 11.6 Å². The number of amides is 1. The number of ether oxygens (including phenoxy) is 1. The number of H-pyrrole nitrogens is 1. The Kier molecular flexibility index (Phi) is 7.38. The van der Waals surface area contributed by atoms with Crippen LogP contribution in [-0.4, -0.2) is 22.6 Å². The van der Waals surface area contributed by atoms with Crippen molar-refractivity contribution in [2.45, 2.75) is 60.5 Å². The number of nitrogen functional groups attached to an aromatic ring is 1. The number of carbonyl (C=O) groups excluding carboxylic acids is 1. The van der Waals surface area contributed by atoms with Gasteiger partial charge in [-0.1, -0.05) is 57.0 Å². The minimum absolute atomic E-state index is 0.00247. The van der Waals surface area contributed by atoms with Crippen LogP contribution in [0.3, 0.4) is 0 Å². The second-order valence-electron chi connectivity index (χ2n) is 9.80. The molecule has 1 fully saturated rings. The molecule has 3 rings (SSSR count). The van der Waals surface area contributed by atoms with Crippen molar-refractivity contribution in [2.24, 2.45) is 17.3 Å². The quantitative estimate of drug-likeness (QED) is 0.545. The van der Waals surface area contributed by atoms with Crippen LogP contribution < -0.4 is 26.6 Å². The number of benzene rings is 1. The molecule has 1 aromatic carbocycles. The number of carbonyl (C=O) groups is 1. The summed E-state index contributed by atoms with van der Waals surface area (Å²) in [6, 6.07) is 7.35. The molecule has 1 amide bonds. The molecule has 1 aliphatic rings. The number of para-hydroxylation sites is 1. The molecule has 0 spiro atoms. The third kappa shape index (κ3) is 4.81. The highest BCUT2D eigenvalue weighted by atomic mass is 16.5. The van der Waals surface area contributed by atoms with E-state index >= 15 is 0 Å². The summed E-state index contributed by atoms with van der Waals surface area (Å²) in [5.41, 5.74) is 6.77. The third-order valence-electron chi connectivity index (χ3n) is 6.70. The SMILES string of the molecule is CCCCn1c(N)c(N(Cc2ccccc2OC)C(=O)C2C(C=C(C)C)C2(C)C)c(=O)[nH]c1=O. The fraction of sp³-hybridized carbons (Fsp3) is 0.500. The number of allylic oxidation sites excluding steroid dienone is 2. The van der Waals surface area contributed by atoms with Gasteiger partial charge in [0.05, 0.1) is 19.6 Å². The summed E-state index contributed by atoms with van der Waals surface area (Å²) in [6.45, 7) is 10.6. The van der Waals surface area contributed by atoms with Crippen LogP contribution >= 0.6 is 0 Å². The van der Waals surface area contributed by atoms with Crippen LogP contribution in [0.5, 0.6) is 5.75 Å². The standard InChI is InChI=1S/C26H36N4O4/c1-7-8-13-29-22(27)21(23(31)28-25(29)33)30(15-17-11-9-10-12-19(17)34-6)24(32)20-18(14-16(2)3)26(20,4)5/h9-12,14,18,20H,7-8,13,15,27H2,1-6H3,(H,28,31,33). The van der Waals surface area contributed by atoms with E-state index in [4.69, 9.17) is 10.5 Å². The minimum atomic E-state index is -0.671. The Bertz CT molecular complexity index is 1200. The minimum Gasteiger partial charge on any atom is -0.496 e. The Morgan fingerprint density at radius 1 is 1.26 bits per heavy atom. The van der Waals surface area contributed by atoms with Gasteiger partial charge in [0.25, 0.3) is 5.56 Å². The van der Waals surface area contributed by atoms with E-state index in [9.17, 15) is 14.4 Å². The Labute approximate surface area is 200 Å². The van der Waals surface area contributed by atoms with Crippen molar-refractivity contribution >= 4 is 17.4 Å². The average molecular weight is 469 g/mol. The van der Waals surface area contributed by atoms with Crippen molar-refractivity contribution in [3.8, 4) is 5.75 Å². The Hall–Kier alpha value is -3.29. The first-order chi connectivity index (χ1) is 16.0. The number of aromatic amines is 1. The predicted octanol–water partition coefficient (Wildman–Crippen LogP) is 3.70. The smallest absolute Gasteiger partial charge is 0.330 e. The average Bonchev–Trinajstić information content (AvgIpc) is 3.31. The summed E-state index contributed by atoms with van der Waals surface area (Å²) >= 11 is 0. The molecule has 2 aromatic rings. The monoisotopic (exact) mass is 468 g/mol. The number of unbranched alkanes of at least 4 members (excludes halogenated alkanes) is 1. The molecule has 3 N–H and O–H groups in total. The molecule has 34 heavy (non-hydrogen) atoms. The van der Waals surface area contributed by atoms with E-state index in [1.165, 1.54) is 9.47 Å². The zero-order valence-corrected chi connectivity index (χ0v) is 21.0. The van der Waals surface area contributed by atoms with Gasteiger partial charge in [-0.2, -0.15) is 0 Å². The second-order valence-corrected chi connectivity index (χ2v) is 9.80. The van der Waals surface area contributed by atoms with Crippen LogP contribution in [0.15, 0.2) is 45.5 Å². The molecular weight excluding hydrogens is 432 g/mol. The van der Waals surface area contributed by atoms with Gasteiger partial charge >= 0.3 is 5.69 Å². The normalized spacial score (nSPS) is 18.3. The van der Waals surface area contributed by atoms with E-state index in [1.807, 2.05) is 39.0 Å². The molecule has 1 aliphatic carbocycles. The van der Waals surface area contributed by atoms with Gasteiger partial charge in [0.2, 0.25) is 5.91 Å². The predicted molar refractivity (Wildman–Crippen MR) is 135 cm³/mol. The fourth-order valence-corrected chi connectivity index (χ4v) is 4.63. The first-order valence-electron chi connectivity index (χ1n) is 11.7. The largest absolute Gasteiger partial charge is 0.496 e. The van der Waals surface area contributed by atoms with E-state index in [0.29, 0.717) is 18.7 Å². The van der Waals surface area contributed by atoms with Crippen molar-refractivity contribution in [1.82, 2.24) is 9.55 Å². The maximum Gasteiger partial charge on any atom is 0.330 e. The van der Waals surface area contributed by atoms with Gasteiger partial charge in [-0.3, -0.25) is 24.0 Å². The molecule has 0 saturated heterocycles. The molecule has 2 unspecified atom stereocenters. The molecule has 8 heteroatoms. The highest BCUT2D eigenvalue weighted by Crippen LogP contribution is 2.60. The second kappa shape index (κ2) is 9.91. The van der Waals surface area contributed by atoms with Crippen molar-refractivity contribution in [2.75, 3.05) is 17.7 Å². The number of nitrogens with two attached hydrogens (primary N) is 1. The summed E-state index contributed by atoms with van der Waals surface area (Å²) in [5, 5.41) is 0. The van der Waals surface area contributed by atoms with E-state index < -0.39 is 11.2 Å². The van der Waals surface area contributed by atoms with Gasteiger partial charge in [-0.25, -0.2) is 4.79 Å². The molecule has 0 radical (unpaired) electrons. The van der Waals surface area contributed by atoms with E-state index in [2.05, 4.69) is 24.9 Å². The highest BCUT2D eigenvalue weighted by Gasteiger charge is 2.61. The molecular formula is C26H36N4O4. The topological polar surface area (TPSA) is 110 Å². The fourth-order valence-electron chi connectivity index (χ4n) is 4.63. The lowest BCUT2D eigenvalue weighted by molar-refractivity contribution is -0.120. The Morgan fingerprint density at radius 3 is 2.56 bits per heavy atom. The van der Waals surface area contributed by atoms with E-state index in [0.717, 1.165) is 17.6 Å². The first-order valence-corrected chi connectivity index (χ1v) is 11.7. The van der Waals surface area contributed by atoms with Crippen LogP contribution in [0.1, 0.15) is 53.0 Å². The number of methoxy groups -OCH3 is 1. The lowest BCUT2D eigenvalue weighted by Crippen LogP contribution is -2.42. The van der Waals surface area contributed by atoms with Crippen LogP contribution in [0.2, 0.25) is 0 Å². The number of rotatable bonds is 9. The molecule has 8 nitrogen and oxygen atoms in total. The summed E-state index contributed by atoms with van der Waals surface area (Å²) in [7, 11) is 1.56. The number of aromatic nitrogens is 2. The van der Waals surface area contributed by atoms with Gasteiger partial charge in [0, 0.05) is 12.1 Å². The van der Waals surface area contributed by atoms with Crippen molar-refractivity contribution in [3.63, 3.8) is 0 Å². The van der Waals surface area contributed by atoms with Crippen molar-refractivity contribution in [3.05, 3.63) is 62.3 Å². The van der Waals surface area contributed by atoms with Gasteiger partial charge in [0.15, 0.2) is 5.69 Å². The molecule has 1 saturated carbocycles. The highest BCUT2D eigenvalue weighted by molar-refractivity contribution is 5.99. The number of hydrogen-bond acceptors (Lipinski definition) is 5. The Morgan fingerprint density at radius 2 is 1.94 bits per heavy atom. The first kappa shape index (κ1) is 25.3. The lowest BCUT2D eigenvalue weighted by Gasteiger charge is -2.26. The number of nitrogens with one attached hydrogen (secondary N) is 1. The van der Waals surface area contributed by atoms with Crippen LogP contribution in [0.4, 0.5) is 11.5 Å². The van der Waals surface area contributed by atoms with Crippen molar-refractivity contribution < 1.29 is 9.53 Å². The molecule has 184 valence electrons. The lowest BCUT2D eigenvalue weighted by atomic mass is 10.1. The zero-order chi connectivity index (χ0) is 25.2. The molecule has 0 aliphatic heterocycles. The summed E-state index contributed by atoms with van der Waals surface area (Å²) in [5.74, 6) is 0.146. The number of hydrogen-bond donors (Lipinski definition) is 2. The van der Waals surface area contributed by atoms with Crippen LogP contribution in [0.25, 0.3) is 0 Å². The Balaban J connectivity index is 2.15. The summed E-state index contributed by atoms with van der Waals surface area (Å²) in [6.07, 6.45) is 3.68. The maximum atomic E-state index is 14.0. The van der Waals surface area contributed by atoms with E-state index in [-0.39, 0.29) is 41.2 Å². The third-order valence-corrected chi connectivity index (χ3v) is 6.70. The van der Waals surface area contributed by atoms with Crippen LogP contribution in [0, 0.1) is 17.3 Å².